The van der Waals surface area contributed by atoms with Gasteiger partial charge in [-0.3, -0.25) is 9.48 Å². The Morgan fingerprint density at radius 3 is 2.67 bits per heavy atom. The molecule has 1 aliphatic carbocycles. The van der Waals surface area contributed by atoms with Gasteiger partial charge in [0.2, 0.25) is 5.91 Å². The summed E-state index contributed by atoms with van der Waals surface area (Å²) in [4.78, 5) is 11.8. The predicted molar refractivity (Wildman–Crippen MR) is 59.0 cm³/mol. The first-order chi connectivity index (χ1) is 6.85. The van der Waals surface area contributed by atoms with Gasteiger partial charge in [0.25, 0.3) is 0 Å². The van der Waals surface area contributed by atoms with Gasteiger partial charge in [-0.15, -0.1) is 23.2 Å². The summed E-state index contributed by atoms with van der Waals surface area (Å²) in [6.07, 6.45) is 2.22. The van der Waals surface area contributed by atoms with Gasteiger partial charge < -0.3 is 5.32 Å². The second-order valence-electron chi connectivity index (χ2n) is 4.04. The van der Waals surface area contributed by atoms with E-state index in [1.807, 2.05) is 0 Å². The molecule has 1 N–H and O–H groups in total. The summed E-state index contributed by atoms with van der Waals surface area (Å²) < 4.78 is 0.672. The smallest absolute Gasteiger partial charge is 0.234 e. The van der Waals surface area contributed by atoms with Crippen molar-refractivity contribution >= 4 is 34.9 Å². The van der Waals surface area contributed by atoms with Crippen LogP contribution in [0, 0.1) is 5.41 Å². The van der Waals surface area contributed by atoms with Crippen molar-refractivity contribution in [2.75, 3.05) is 5.32 Å². The number of carbonyl (C=O) groups excluding carboxylic acids is 1. The molecule has 1 saturated carbocycles. The normalized spacial score (nSPS) is 27.5. The van der Waals surface area contributed by atoms with Crippen LogP contribution in [-0.4, -0.2) is 20.0 Å². The van der Waals surface area contributed by atoms with E-state index in [1.54, 1.807) is 30.9 Å². The molecule has 6 heteroatoms. The zero-order chi connectivity index (χ0) is 11.3. The number of rotatable bonds is 2. The highest BCUT2D eigenvalue weighted by Crippen LogP contribution is 2.64. The van der Waals surface area contributed by atoms with Crippen molar-refractivity contribution in [1.29, 1.82) is 0 Å². The van der Waals surface area contributed by atoms with E-state index < -0.39 is 9.75 Å². The molecule has 0 aliphatic heterocycles. The van der Waals surface area contributed by atoms with E-state index in [9.17, 15) is 4.79 Å². The summed E-state index contributed by atoms with van der Waals surface area (Å²) in [6.45, 7) is 1.74. The molecule has 1 atom stereocenters. The molecule has 1 aromatic rings. The first kappa shape index (κ1) is 10.8. The molecule has 0 radical (unpaired) electrons. The van der Waals surface area contributed by atoms with Gasteiger partial charge in [-0.05, 0) is 13.3 Å². The van der Waals surface area contributed by atoms with Crippen LogP contribution in [0.2, 0.25) is 0 Å². The lowest BCUT2D eigenvalue weighted by Gasteiger charge is -2.10. The highest BCUT2D eigenvalue weighted by molar-refractivity contribution is 6.53. The molecule has 15 heavy (non-hydrogen) atoms. The summed E-state index contributed by atoms with van der Waals surface area (Å²) in [5.74, 6) is 0.325. The molecule has 0 bridgehead atoms. The average molecular weight is 248 g/mol. The number of alkyl halides is 2. The summed E-state index contributed by atoms with van der Waals surface area (Å²) in [7, 11) is 1.78. The summed E-state index contributed by atoms with van der Waals surface area (Å²) >= 11 is 11.8. The lowest BCUT2D eigenvalue weighted by molar-refractivity contribution is -0.120. The maximum Gasteiger partial charge on any atom is 0.234 e. The first-order valence-electron chi connectivity index (χ1n) is 4.54. The van der Waals surface area contributed by atoms with Crippen molar-refractivity contribution in [3.05, 3.63) is 12.3 Å². The van der Waals surface area contributed by atoms with E-state index in [4.69, 9.17) is 23.2 Å². The zero-order valence-electron chi connectivity index (χ0n) is 8.42. The summed E-state index contributed by atoms with van der Waals surface area (Å²) in [6, 6.07) is 1.72. The number of carbonyl (C=O) groups is 1. The molecule has 1 aliphatic rings. The van der Waals surface area contributed by atoms with E-state index in [-0.39, 0.29) is 5.91 Å². The lowest BCUT2D eigenvalue weighted by atomic mass is 10.1. The van der Waals surface area contributed by atoms with E-state index in [1.165, 1.54) is 0 Å². The Morgan fingerprint density at radius 1 is 1.67 bits per heavy atom. The fraction of sp³-hybridized carbons (Fsp3) is 0.556. The number of hydrogen-bond acceptors (Lipinski definition) is 2. The molecule has 2 rings (SSSR count). The van der Waals surface area contributed by atoms with Crippen LogP contribution >= 0.6 is 23.2 Å². The van der Waals surface area contributed by atoms with Crippen molar-refractivity contribution < 1.29 is 4.79 Å². The van der Waals surface area contributed by atoms with Gasteiger partial charge in [-0.25, -0.2) is 0 Å². The largest absolute Gasteiger partial charge is 0.309 e. The molecule has 0 spiro atoms. The molecule has 1 amide bonds. The fourth-order valence-electron chi connectivity index (χ4n) is 1.38. The Bertz CT molecular complexity index is 415. The SMILES string of the molecule is Cn1ccc(NC(=O)[C@@]2(C)CC2(Cl)Cl)n1. The van der Waals surface area contributed by atoms with Crippen LogP contribution in [0.1, 0.15) is 13.3 Å². The van der Waals surface area contributed by atoms with E-state index >= 15 is 0 Å². The molecule has 0 unspecified atom stereocenters. The van der Waals surface area contributed by atoms with E-state index in [0.29, 0.717) is 12.2 Å². The van der Waals surface area contributed by atoms with Gasteiger partial charge in [0.05, 0.1) is 5.41 Å². The molecule has 4 nitrogen and oxygen atoms in total. The van der Waals surface area contributed by atoms with Gasteiger partial charge in [-0.1, -0.05) is 0 Å². The Balaban J connectivity index is 2.06. The van der Waals surface area contributed by atoms with Crippen LogP contribution < -0.4 is 5.32 Å². The minimum Gasteiger partial charge on any atom is -0.309 e. The number of nitrogens with zero attached hydrogens (tertiary/aromatic N) is 2. The van der Waals surface area contributed by atoms with E-state index in [0.717, 1.165) is 0 Å². The number of amides is 1. The maximum absolute atomic E-state index is 11.8. The number of nitrogens with one attached hydrogen (secondary N) is 1. The lowest BCUT2D eigenvalue weighted by Crippen LogP contribution is -2.26. The third-order valence-electron chi connectivity index (χ3n) is 2.71. The molecular weight excluding hydrogens is 237 g/mol. The van der Waals surface area contributed by atoms with Crippen LogP contribution in [0.15, 0.2) is 12.3 Å². The Labute approximate surface area is 97.5 Å². The Morgan fingerprint density at radius 2 is 2.27 bits per heavy atom. The summed E-state index contributed by atoms with van der Waals surface area (Å²) in [5.41, 5.74) is -0.701. The van der Waals surface area contributed by atoms with Crippen LogP contribution in [0.3, 0.4) is 0 Å². The molecule has 1 heterocycles. The minimum atomic E-state index is -0.939. The molecule has 0 aromatic carbocycles. The zero-order valence-corrected chi connectivity index (χ0v) is 9.93. The van der Waals surface area contributed by atoms with E-state index in [2.05, 4.69) is 10.4 Å². The van der Waals surface area contributed by atoms with Gasteiger partial charge in [0.15, 0.2) is 5.82 Å². The second-order valence-corrected chi connectivity index (χ2v) is 5.53. The fourth-order valence-corrected chi connectivity index (χ4v) is 2.09. The standard InChI is InChI=1S/C9H11Cl2N3O/c1-8(5-9(8,10)11)7(15)12-6-3-4-14(2)13-6/h3-4H,5H2,1-2H3,(H,12,13,15)/t8-/m1/s1. The summed E-state index contributed by atoms with van der Waals surface area (Å²) in [5, 5.41) is 6.72. The van der Waals surface area contributed by atoms with Gasteiger partial charge in [-0.2, -0.15) is 5.10 Å². The number of anilines is 1. The van der Waals surface area contributed by atoms with Crippen molar-refractivity contribution in [3.8, 4) is 0 Å². The number of halogens is 2. The molecule has 1 fully saturated rings. The second kappa shape index (κ2) is 3.12. The molecule has 1 aromatic heterocycles. The van der Waals surface area contributed by atoms with Crippen LogP contribution in [-0.2, 0) is 11.8 Å². The average Bonchev–Trinajstić information content (AvgIpc) is 2.47. The third-order valence-corrected chi connectivity index (χ3v) is 3.82. The Hall–Kier alpha value is -0.740. The van der Waals surface area contributed by atoms with Crippen molar-refractivity contribution in [1.82, 2.24) is 9.78 Å². The minimum absolute atomic E-state index is 0.189. The molecule has 82 valence electrons. The Kier molecular flexibility index (Phi) is 2.24. The number of aromatic nitrogens is 2. The first-order valence-corrected chi connectivity index (χ1v) is 5.30. The quantitative estimate of drug-likeness (QED) is 0.813. The van der Waals surface area contributed by atoms with Gasteiger partial charge in [0, 0.05) is 19.3 Å². The monoisotopic (exact) mass is 247 g/mol. The van der Waals surface area contributed by atoms with Crippen LogP contribution in [0.5, 0.6) is 0 Å². The molecular formula is C9H11Cl2N3O. The van der Waals surface area contributed by atoms with Crippen molar-refractivity contribution in [2.24, 2.45) is 12.5 Å². The van der Waals surface area contributed by atoms with Gasteiger partial charge in [0.1, 0.15) is 4.33 Å². The highest BCUT2D eigenvalue weighted by Gasteiger charge is 2.67. The predicted octanol–water partition coefficient (Wildman–Crippen LogP) is 1.94. The highest BCUT2D eigenvalue weighted by atomic mass is 35.5. The number of hydrogen-bond donors (Lipinski definition) is 1. The van der Waals surface area contributed by atoms with Crippen molar-refractivity contribution in [2.45, 2.75) is 17.7 Å². The molecule has 0 saturated heterocycles. The van der Waals surface area contributed by atoms with Crippen molar-refractivity contribution in [3.63, 3.8) is 0 Å². The third kappa shape index (κ3) is 1.72. The topological polar surface area (TPSA) is 46.9 Å². The van der Waals surface area contributed by atoms with Crippen LogP contribution in [0.4, 0.5) is 5.82 Å². The van der Waals surface area contributed by atoms with Crippen LogP contribution in [0.25, 0.3) is 0 Å². The maximum atomic E-state index is 11.8. The van der Waals surface area contributed by atoms with Gasteiger partial charge >= 0.3 is 0 Å². The number of aryl methyl sites for hydroxylation is 1.